The molecule has 218 valence electrons. The summed E-state index contributed by atoms with van der Waals surface area (Å²) < 4.78 is 29.2. The number of carbonyl (C=O) groups is 2. The van der Waals surface area contributed by atoms with E-state index in [0.717, 1.165) is 21.0 Å². The van der Waals surface area contributed by atoms with Gasteiger partial charge in [-0.25, -0.2) is 8.42 Å². The highest BCUT2D eigenvalue weighted by Crippen LogP contribution is 2.30. The Kier molecular flexibility index (Phi) is 10.0. The van der Waals surface area contributed by atoms with E-state index in [1.54, 1.807) is 37.3 Å². The highest BCUT2D eigenvalue weighted by atomic mass is 35.5. The number of amides is 2. The number of rotatable bonds is 11. The average molecular weight is 604 g/mol. The molecule has 0 heterocycles. The molecule has 0 fully saturated rings. The zero-order chi connectivity index (χ0) is 30.3. The van der Waals surface area contributed by atoms with Crippen molar-refractivity contribution in [3.63, 3.8) is 0 Å². The highest BCUT2D eigenvalue weighted by Gasteiger charge is 2.34. The van der Waals surface area contributed by atoms with Gasteiger partial charge < -0.3 is 10.2 Å². The fraction of sp³-hybridized carbons (Fsp3) is 0.212. The summed E-state index contributed by atoms with van der Waals surface area (Å²) in [6.45, 7) is 3.29. The average Bonchev–Trinajstić information content (AvgIpc) is 2.99. The number of nitrogens with one attached hydrogen (secondary N) is 1. The standard InChI is InChI=1S/C33H34ClN3O4S/c1-24-11-10-14-27(19-24)22-36(31(33(39)35-3)20-26-12-6-4-7-13-26)32(38)23-37(30-21-28(34)18-17-25(30)2)42(40,41)29-15-8-5-9-16-29/h4-19,21,31H,20,22-23H2,1-3H3,(H,35,39)/t31-/m0/s1. The van der Waals surface area contributed by atoms with Crippen LogP contribution in [0, 0.1) is 13.8 Å². The lowest BCUT2D eigenvalue weighted by Crippen LogP contribution is -2.53. The van der Waals surface area contributed by atoms with Gasteiger partial charge in [0, 0.05) is 25.0 Å². The summed E-state index contributed by atoms with van der Waals surface area (Å²) >= 11 is 6.31. The number of sulfonamides is 1. The van der Waals surface area contributed by atoms with E-state index in [2.05, 4.69) is 5.32 Å². The molecule has 42 heavy (non-hydrogen) atoms. The second kappa shape index (κ2) is 13.7. The Morgan fingerprint density at radius 3 is 2.12 bits per heavy atom. The highest BCUT2D eigenvalue weighted by molar-refractivity contribution is 7.92. The molecule has 0 aromatic heterocycles. The summed E-state index contributed by atoms with van der Waals surface area (Å²) in [4.78, 5) is 29.2. The van der Waals surface area contributed by atoms with Gasteiger partial charge in [-0.3, -0.25) is 13.9 Å². The third kappa shape index (κ3) is 7.38. The molecule has 0 spiro atoms. The quantitative estimate of drug-likeness (QED) is 0.244. The van der Waals surface area contributed by atoms with Crippen molar-refractivity contribution in [1.29, 1.82) is 0 Å². The number of halogens is 1. The van der Waals surface area contributed by atoms with Crippen LogP contribution in [0.25, 0.3) is 0 Å². The molecular weight excluding hydrogens is 570 g/mol. The maximum atomic E-state index is 14.3. The van der Waals surface area contributed by atoms with Crippen LogP contribution in [-0.2, 0) is 32.6 Å². The Morgan fingerprint density at radius 1 is 0.833 bits per heavy atom. The number of hydrogen-bond acceptors (Lipinski definition) is 4. The van der Waals surface area contributed by atoms with E-state index in [0.29, 0.717) is 10.6 Å². The Labute approximate surface area is 252 Å². The number of benzene rings is 4. The topological polar surface area (TPSA) is 86.8 Å². The summed E-state index contributed by atoms with van der Waals surface area (Å²) in [5.74, 6) is -0.879. The number of carbonyl (C=O) groups excluding carboxylic acids is 2. The minimum Gasteiger partial charge on any atom is -0.357 e. The van der Waals surface area contributed by atoms with Gasteiger partial charge >= 0.3 is 0 Å². The van der Waals surface area contributed by atoms with E-state index in [1.165, 1.54) is 30.1 Å². The number of aryl methyl sites for hydroxylation is 2. The van der Waals surface area contributed by atoms with E-state index < -0.39 is 28.5 Å². The molecule has 4 aromatic carbocycles. The molecule has 0 saturated heterocycles. The molecule has 0 saturated carbocycles. The number of nitrogens with zero attached hydrogens (tertiary/aromatic N) is 2. The van der Waals surface area contributed by atoms with Crippen molar-refractivity contribution < 1.29 is 18.0 Å². The van der Waals surface area contributed by atoms with Gasteiger partial charge in [-0.15, -0.1) is 0 Å². The predicted octanol–water partition coefficient (Wildman–Crippen LogP) is 5.54. The molecule has 1 N–H and O–H groups in total. The first-order chi connectivity index (χ1) is 20.1. The van der Waals surface area contributed by atoms with Gasteiger partial charge in [-0.05, 0) is 54.8 Å². The molecule has 4 rings (SSSR count). The van der Waals surface area contributed by atoms with Gasteiger partial charge in [-0.1, -0.05) is 96.0 Å². The maximum Gasteiger partial charge on any atom is 0.264 e. The third-order valence-electron chi connectivity index (χ3n) is 7.00. The van der Waals surface area contributed by atoms with E-state index in [-0.39, 0.29) is 29.5 Å². The van der Waals surface area contributed by atoms with Crippen molar-refractivity contribution in [2.45, 2.75) is 37.8 Å². The molecule has 0 bridgehead atoms. The Balaban J connectivity index is 1.81. The molecule has 4 aromatic rings. The van der Waals surface area contributed by atoms with Gasteiger partial charge in [-0.2, -0.15) is 0 Å². The zero-order valence-corrected chi connectivity index (χ0v) is 25.4. The van der Waals surface area contributed by atoms with Crippen LogP contribution in [0.4, 0.5) is 5.69 Å². The second-order valence-corrected chi connectivity index (χ2v) is 12.4. The summed E-state index contributed by atoms with van der Waals surface area (Å²) in [5, 5.41) is 3.03. The van der Waals surface area contributed by atoms with Crippen molar-refractivity contribution in [1.82, 2.24) is 10.2 Å². The minimum absolute atomic E-state index is 0.0366. The molecule has 2 amide bonds. The van der Waals surface area contributed by atoms with Gasteiger partial charge in [0.1, 0.15) is 12.6 Å². The first-order valence-electron chi connectivity index (χ1n) is 13.5. The van der Waals surface area contributed by atoms with Crippen molar-refractivity contribution in [3.05, 3.63) is 130 Å². The van der Waals surface area contributed by atoms with Gasteiger partial charge in [0.05, 0.1) is 10.6 Å². The van der Waals surface area contributed by atoms with E-state index >= 15 is 0 Å². The number of hydrogen-bond donors (Lipinski definition) is 1. The Hall–Kier alpha value is -4.14. The predicted molar refractivity (Wildman–Crippen MR) is 167 cm³/mol. The molecule has 0 aliphatic rings. The molecule has 9 heteroatoms. The van der Waals surface area contributed by atoms with E-state index in [4.69, 9.17) is 11.6 Å². The smallest absolute Gasteiger partial charge is 0.264 e. The molecule has 0 unspecified atom stereocenters. The minimum atomic E-state index is -4.19. The molecule has 0 radical (unpaired) electrons. The normalized spacial score (nSPS) is 11.9. The van der Waals surface area contributed by atoms with Gasteiger partial charge in [0.15, 0.2) is 0 Å². The van der Waals surface area contributed by atoms with Crippen LogP contribution in [0.2, 0.25) is 5.02 Å². The van der Waals surface area contributed by atoms with Crippen LogP contribution >= 0.6 is 11.6 Å². The second-order valence-electron chi connectivity index (χ2n) is 10.1. The lowest BCUT2D eigenvalue weighted by atomic mass is 10.0. The molecule has 0 aliphatic heterocycles. The van der Waals surface area contributed by atoms with Crippen LogP contribution in [0.3, 0.4) is 0 Å². The van der Waals surface area contributed by atoms with Crippen molar-refractivity contribution in [2.24, 2.45) is 0 Å². The fourth-order valence-corrected chi connectivity index (χ4v) is 6.47. The molecule has 1 atom stereocenters. The Morgan fingerprint density at radius 2 is 1.48 bits per heavy atom. The maximum absolute atomic E-state index is 14.3. The molecule has 7 nitrogen and oxygen atoms in total. The van der Waals surface area contributed by atoms with Crippen LogP contribution in [-0.4, -0.2) is 44.8 Å². The van der Waals surface area contributed by atoms with Crippen molar-refractivity contribution in [3.8, 4) is 0 Å². The lowest BCUT2D eigenvalue weighted by molar-refractivity contribution is -0.139. The van der Waals surface area contributed by atoms with Crippen LogP contribution in [0.15, 0.2) is 108 Å². The van der Waals surface area contributed by atoms with Crippen LogP contribution in [0.1, 0.15) is 22.3 Å². The van der Waals surface area contributed by atoms with Crippen molar-refractivity contribution >= 4 is 39.1 Å². The molecule has 0 aliphatic carbocycles. The van der Waals surface area contributed by atoms with Gasteiger partial charge in [0.25, 0.3) is 10.0 Å². The zero-order valence-electron chi connectivity index (χ0n) is 23.8. The monoisotopic (exact) mass is 603 g/mol. The molecular formula is C33H34ClN3O4S. The summed E-state index contributed by atoms with van der Waals surface area (Å²) in [6.07, 6.45) is 0.250. The fourth-order valence-electron chi connectivity index (χ4n) is 4.81. The first-order valence-corrected chi connectivity index (χ1v) is 15.4. The first kappa shape index (κ1) is 30.8. The SMILES string of the molecule is CNC(=O)[C@H](Cc1ccccc1)N(Cc1cccc(C)c1)C(=O)CN(c1cc(Cl)ccc1C)S(=O)(=O)c1ccccc1. The van der Waals surface area contributed by atoms with E-state index in [1.807, 2.05) is 61.5 Å². The van der Waals surface area contributed by atoms with Crippen LogP contribution < -0.4 is 9.62 Å². The third-order valence-corrected chi connectivity index (χ3v) is 9.01. The summed E-state index contributed by atoms with van der Waals surface area (Å²) in [6, 6.07) is 29.1. The summed E-state index contributed by atoms with van der Waals surface area (Å²) in [7, 11) is -2.66. The number of anilines is 1. The Bertz CT molecular complexity index is 1650. The lowest BCUT2D eigenvalue weighted by Gasteiger charge is -2.34. The largest absolute Gasteiger partial charge is 0.357 e. The van der Waals surface area contributed by atoms with Gasteiger partial charge in [0.2, 0.25) is 11.8 Å². The van der Waals surface area contributed by atoms with Crippen molar-refractivity contribution in [2.75, 3.05) is 17.9 Å². The van der Waals surface area contributed by atoms with E-state index in [9.17, 15) is 18.0 Å². The summed E-state index contributed by atoms with van der Waals surface area (Å²) in [5.41, 5.74) is 3.61. The van der Waals surface area contributed by atoms with Crippen LogP contribution in [0.5, 0.6) is 0 Å². The number of likely N-dealkylation sites (N-methyl/N-ethyl adjacent to an activating group) is 1.